The predicted octanol–water partition coefficient (Wildman–Crippen LogP) is 2.59. The molecule has 26 heavy (non-hydrogen) atoms. The standard InChI is InChI=1S/C19H29ClN4O2/c1-4-18(25)24-10-9-16(13-24)23-19(21-5-2)22-12-17(26-3)14-7-6-8-15(20)11-14/h6-8,11,16-17H,4-5,9-10,12-13H2,1-3H3,(H2,21,22,23). The summed E-state index contributed by atoms with van der Waals surface area (Å²) in [7, 11) is 1.67. The Labute approximate surface area is 161 Å². The van der Waals surface area contributed by atoms with Gasteiger partial charge in [0.25, 0.3) is 0 Å². The van der Waals surface area contributed by atoms with Crippen molar-refractivity contribution >= 4 is 23.5 Å². The largest absolute Gasteiger partial charge is 0.375 e. The number of likely N-dealkylation sites (tertiary alicyclic amines) is 1. The molecule has 0 bridgehead atoms. The quantitative estimate of drug-likeness (QED) is 0.563. The number of ether oxygens (including phenoxy) is 1. The van der Waals surface area contributed by atoms with Crippen molar-refractivity contribution in [1.82, 2.24) is 15.5 Å². The average molecular weight is 381 g/mol. The molecule has 144 valence electrons. The van der Waals surface area contributed by atoms with Gasteiger partial charge in [0.05, 0.1) is 6.54 Å². The van der Waals surface area contributed by atoms with E-state index in [0.717, 1.165) is 37.6 Å². The average Bonchev–Trinajstić information content (AvgIpc) is 3.10. The molecule has 1 aromatic rings. The predicted molar refractivity (Wildman–Crippen MR) is 106 cm³/mol. The second kappa shape index (κ2) is 10.4. The van der Waals surface area contributed by atoms with Crippen LogP contribution in [-0.4, -0.2) is 56.1 Å². The van der Waals surface area contributed by atoms with E-state index >= 15 is 0 Å². The summed E-state index contributed by atoms with van der Waals surface area (Å²) in [4.78, 5) is 18.4. The van der Waals surface area contributed by atoms with Crippen molar-refractivity contribution in [2.24, 2.45) is 4.99 Å². The number of nitrogens with one attached hydrogen (secondary N) is 2. The number of carbonyl (C=O) groups excluding carboxylic acids is 1. The van der Waals surface area contributed by atoms with Crippen molar-refractivity contribution in [3.63, 3.8) is 0 Å². The Morgan fingerprint density at radius 2 is 2.27 bits per heavy atom. The maximum absolute atomic E-state index is 11.8. The van der Waals surface area contributed by atoms with E-state index in [4.69, 9.17) is 16.3 Å². The lowest BCUT2D eigenvalue weighted by Crippen LogP contribution is -2.45. The molecule has 1 aliphatic rings. The van der Waals surface area contributed by atoms with Crippen LogP contribution in [0.4, 0.5) is 0 Å². The highest BCUT2D eigenvalue weighted by Crippen LogP contribution is 2.20. The van der Waals surface area contributed by atoms with E-state index in [1.54, 1.807) is 7.11 Å². The van der Waals surface area contributed by atoms with E-state index in [2.05, 4.69) is 15.6 Å². The number of hydrogen-bond donors (Lipinski definition) is 2. The van der Waals surface area contributed by atoms with Crippen LogP contribution in [0.3, 0.4) is 0 Å². The van der Waals surface area contributed by atoms with Gasteiger partial charge in [-0.25, -0.2) is 0 Å². The summed E-state index contributed by atoms with van der Waals surface area (Å²) < 4.78 is 5.58. The normalized spacial score (nSPS) is 18.7. The number of hydrogen-bond acceptors (Lipinski definition) is 3. The Bertz CT molecular complexity index is 623. The molecular formula is C19H29ClN4O2. The molecule has 1 saturated heterocycles. The molecule has 1 aliphatic heterocycles. The summed E-state index contributed by atoms with van der Waals surface area (Å²) in [5.74, 6) is 0.948. The van der Waals surface area contributed by atoms with Gasteiger partial charge in [0.1, 0.15) is 6.10 Å². The van der Waals surface area contributed by atoms with Crippen molar-refractivity contribution in [2.75, 3.05) is 33.3 Å². The number of benzene rings is 1. The number of halogens is 1. The van der Waals surface area contributed by atoms with Gasteiger partial charge in [-0.15, -0.1) is 0 Å². The van der Waals surface area contributed by atoms with Gasteiger partial charge in [-0.3, -0.25) is 9.79 Å². The fraction of sp³-hybridized carbons (Fsp3) is 0.579. The smallest absolute Gasteiger partial charge is 0.222 e. The first-order chi connectivity index (χ1) is 12.6. The minimum absolute atomic E-state index is 0.161. The van der Waals surface area contributed by atoms with Crippen molar-refractivity contribution in [3.8, 4) is 0 Å². The van der Waals surface area contributed by atoms with E-state index < -0.39 is 0 Å². The van der Waals surface area contributed by atoms with Gasteiger partial charge >= 0.3 is 0 Å². The summed E-state index contributed by atoms with van der Waals surface area (Å²) in [6.07, 6.45) is 1.32. The van der Waals surface area contributed by atoms with E-state index in [-0.39, 0.29) is 18.1 Å². The zero-order chi connectivity index (χ0) is 18.9. The fourth-order valence-corrected chi connectivity index (χ4v) is 3.24. The Morgan fingerprint density at radius 1 is 1.46 bits per heavy atom. The van der Waals surface area contributed by atoms with Gasteiger partial charge in [-0.05, 0) is 31.0 Å². The molecular weight excluding hydrogens is 352 g/mol. The highest BCUT2D eigenvalue weighted by Gasteiger charge is 2.25. The molecule has 6 nitrogen and oxygen atoms in total. The minimum atomic E-state index is -0.161. The second-order valence-electron chi connectivity index (χ2n) is 6.32. The van der Waals surface area contributed by atoms with Gasteiger partial charge in [-0.2, -0.15) is 0 Å². The Hall–Kier alpha value is -1.79. The molecule has 1 amide bonds. The molecule has 0 saturated carbocycles. The molecule has 2 rings (SSSR count). The van der Waals surface area contributed by atoms with Gasteiger partial charge in [-0.1, -0.05) is 30.7 Å². The number of aliphatic imine (C=N–C) groups is 1. The maximum atomic E-state index is 11.8. The third-order valence-corrected chi connectivity index (χ3v) is 4.68. The van der Waals surface area contributed by atoms with Crippen molar-refractivity contribution in [1.29, 1.82) is 0 Å². The van der Waals surface area contributed by atoms with Crippen LogP contribution in [0.2, 0.25) is 5.02 Å². The van der Waals surface area contributed by atoms with Crippen LogP contribution in [0.15, 0.2) is 29.3 Å². The number of methoxy groups -OCH3 is 1. The molecule has 0 aliphatic carbocycles. The highest BCUT2D eigenvalue weighted by molar-refractivity contribution is 6.30. The molecule has 0 radical (unpaired) electrons. The molecule has 1 fully saturated rings. The Kier molecular flexibility index (Phi) is 8.19. The Balaban J connectivity index is 1.98. The summed E-state index contributed by atoms with van der Waals surface area (Å²) in [5, 5.41) is 7.38. The van der Waals surface area contributed by atoms with Crippen LogP contribution in [-0.2, 0) is 9.53 Å². The van der Waals surface area contributed by atoms with Gasteiger partial charge < -0.3 is 20.3 Å². The maximum Gasteiger partial charge on any atom is 0.222 e. The lowest BCUT2D eigenvalue weighted by molar-refractivity contribution is -0.129. The van der Waals surface area contributed by atoms with Crippen LogP contribution < -0.4 is 10.6 Å². The first-order valence-corrected chi connectivity index (χ1v) is 9.56. The molecule has 2 atom stereocenters. The summed E-state index contributed by atoms with van der Waals surface area (Å²) >= 11 is 6.07. The molecule has 2 unspecified atom stereocenters. The third-order valence-electron chi connectivity index (χ3n) is 4.45. The van der Waals surface area contributed by atoms with Crippen molar-refractivity contribution in [3.05, 3.63) is 34.9 Å². The van der Waals surface area contributed by atoms with Gasteiger partial charge in [0, 0.05) is 44.2 Å². The zero-order valence-electron chi connectivity index (χ0n) is 15.8. The van der Waals surface area contributed by atoms with Crippen molar-refractivity contribution in [2.45, 2.75) is 38.8 Å². The van der Waals surface area contributed by atoms with E-state index in [9.17, 15) is 4.79 Å². The Morgan fingerprint density at radius 3 is 2.92 bits per heavy atom. The summed E-state index contributed by atoms with van der Waals surface area (Å²) in [6, 6.07) is 7.86. The lowest BCUT2D eigenvalue weighted by Gasteiger charge is -2.20. The SMILES string of the molecule is CCNC(=NCC(OC)c1cccc(Cl)c1)NC1CCN(C(=O)CC)C1. The van der Waals surface area contributed by atoms with Crippen LogP contribution >= 0.6 is 11.6 Å². The van der Waals surface area contributed by atoms with Gasteiger partial charge in [0.2, 0.25) is 5.91 Å². The molecule has 2 N–H and O–H groups in total. The molecule has 1 aromatic carbocycles. The fourth-order valence-electron chi connectivity index (χ4n) is 3.04. The lowest BCUT2D eigenvalue weighted by atomic mass is 10.1. The number of guanidine groups is 1. The molecule has 0 aromatic heterocycles. The monoisotopic (exact) mass is 380 g/mol. The van der Waals surface area contributed by atoms with Gasteiger partial charge in [0.15, 0.2) is 5.96 Å². The van der Waals surface area contributed by atoms with Crippen LogP contribution in [0, 0.1) is 0 Å². The van der Waals surface area contributed by atoms with E-state index in [0.29, 0.717) is 18.0 Å². The summed E-state index contributed by atoms with van der Waals surface area (Å²) in [6.45, 7) is 6.70. The minimum Gasteiger partial charge on any atom is -0.375 e. The highest BCUT2D eigenvalue weighted by atomic mass is 35.5. The summed E-state index contributed by atoms with van der Waals surface area (Å²) in [5.41, 5.74) is 1.00. The molecule has 0 spiro atoms. The number of rotatable bonds is 7. The van der Waals surface area contributed by atoms with Crippen LogP contribution in [0.5, 0.6) is 0 Å². The van der Waals surface area contributed by atoms with E-state index in [1.807, 2.05) is 43.0 Å². The topological polar surface area (TPSA) is 66.0 Å². The number of carbonyl (C=O) groups is 1. The third kappa shape index (κ3) is 5.88. The zero-order valence-corrected chi connectivity index (χ0v) is 16.6. The first-order valence-electron chi connectivity index (χ1n) is 9.18. The molecule has 1 heterocycles. The second-order valence-corrected chi connectivity index (χ2v) is 6.76. The number of amides is 1. The van der Waals surface area contributed by atoms with Crippen LogP contribution in [0.25, 0.3) is 0 Å². The van der Waals surface area contributed by atoms with Crippen molar-refractivity contribution < 1.29 is 9.53 Å². The number of nitrogens with zero attached hydrogens (tertiary/aromatic N) is 2. The van der Waals surface area contributed by atoms with Crippen LogP contribution in [0.1, 0.15) is 38.4 Å². The first kappa shape index (κ1) is 20.5. The van der Waals surface area contributed by atoms with E-state index in [1.165, 1.54) is 0 Å². The molecule has 7 heteroatoms.